The highest BCUT2D eigenvalue weighted by molar-refractivity contribution is 5.87. The van der Waals surface area contributed by atoms with E-state index in [-0.39, 0.29) is 0 Å². The molecule has 0 N–H and O–H groups in total. The van der Waals surface area contributed by atoms with Crippen molar-refractivity contribution in [1.82, 2.24) is 9.55 Å². The van der Waals surface area contributed by atoms with Gasteiger partial charge in [-0.3, -0.25) is 0 Å². The summed E-state index contributed by atoms with van der Waals surface area (Å²) in [5.41, 5.74) is 0.415. The molecule has 21 heavy (non-hydrogen) atoms. The molecule has 0 atom stereocenters. The molecule has 0 unspecified atom stereocenters. The molecule has 0 spiro atoms. The average molecular weight is 290 g/mol. The SMILES string of the molecule is COC(=O)c1cnc(C)n1CCOc1ccccc1OC. The first-order valence-electron chi connectivity index (χ1n) is 6.53. The molecule has 1 aromatic carbocycles. The third-order valence-corrected chi connectivity index (χ3v) is 3.09. The number of esters is 1. The van der Waals surface area contributed by atoms with E-state index in [1.807, 2.05) is 31.2 Å². The van der Waals surface area contributed by atoms with E-state index in [2.05, 4.69) is 4.98 Å². The van der Waals surface area contributed by atoms with Crippen LogP contribution in [0.15, 0.2) is 30.5 Å². The number of rotatable bonds is 6. The van der Waals surface area contributed by atoms with Gasteiger partial charge in [-0.15, -0.1) is 0 Å². The van der Waals surface area contributed by atoms with E-state index < -0.39 is 5.97 Å². The van der Waals surface area contributed by atoms with E-state index in [0.29, 0.717) is 30.3 Å². The lowest BCUT2D eigenvalue weighted by Crippen LogP contribution is -2.16. The Bertz CT molecular complexity index is 622. The van der Waals surface area contributed by atoms with Crippen molar-refractivity contribution in [2.24, 2.45) is 0 Å². The minimum atomic E-state index is -0.409. The van der Waals surface area contributed by atoms with Gasteiger partial charge in [-0.05, 0) is 19.1 Å². The van der Waals surface area contributed by atoms with Gasteiger partial charge in [-0.2, -0.15) is 0 Å². The van der Waals surface area contributed by atoms with E-state index in [0.717, 1.165) is 5.82 Å². The molecule has 0 fully saturated rings. The van der Waals surface area contributed by atoms with Crippen LogP contribution in [0.25, 0.3) is 0 Å². The van der Waals surface area contributed by atoms with Gasteiger partial charge in [0, 0.05) is 0 Å². The summed E-state index contributed by atoms with van der Waals surface area (Å²) in [7, 11) is 2.94. The highest BCUT2D eigenvalue weighted by Gasteiger charge is 2.14. The van der Waals surface area contributed by atoms with Crippen molar-refractivity contribution in [2.75, 3.05) is 20.8 Å². The van der Waals surface area contributed by atoms with Crippen LogP contribution in [0.3, 0.4) is 0 Å². The fraction of sp³-hybridized carbons (Fsp3) is 0.333. The molecular formula is C15H18N2O4. The zero-order valence-corrected chi connectivity index (χ0v) is 12.3. The number of benzene rings is 1. The first-order valence-corrected chi connectivity index (χ1v) is 6.53. The fourth-order valence-corrected chi connectivity index (χ4v) is 2.00. The number of methoxy groups -OCH3 is 2. The summed E-state index contributed by atoms with van der Waals surface area (Å²) in [5, 5.41) is 0. The maximum atomic E-state index is 11.6. The van der Waals surface area contributed by atoms with E-state index in [1.165, 1.54) is 13.3 Å². The number of carbonyl (C=O) groups excluding carboxylic acids is 1. The molecule has 6 heteroatoms. The molecule has 0 aliphatic rings. The molecule has 1 heterocycles. The van der Waals surface area contributed by atoms with Gasteiger partial charge >= 0.3 is 5.97 Å². The van der Waals surface area contributed by atoms with E-state index >= 15 is 0 Å². The van der Waals surface area contributed by atoms with Gasteiger partial charge in [0.25, 0.3) is 0 Å². The van der Waals surface area contributed by atoms with Crippen molar-refractivity contribution in [3.8, 4) is 11.5 Å². The topological polar surface area (TPSA) is 62.6 Å². The highest BCUT2D eigenvalue weighted by atomic mass is 16.5. The summed E-state index contributed by atoms with van der Waals surface area (Å²) in [4.78, 5) is 15.8. The third kappa shape index (κ3) is 3.34. The lowest BCUT2D eigenvalue weighted by Gasteiger charge is -2.12. The van der Waals surface area contributed by atoms with E-state index in [9.17, 15) is 4.79 Å². The zero-order valence-electron chi connectivity index (χ0n) is 12.3. The van der Waals surface area contributed by atoms with Crippen molar-refractivity contribution < 1.29 is 19.0 Å². The monoisotopic (exact) mass is 290 g/mol. The van der Waals surface area contributed by atoms with E-state index in [4.69, 9.17) is 14.2 Å². The van der Waals surface area contributed by atoms with Gasteiger partial charge in [0.15, 0.2) is 11.5 Å². The number of carbonyl (C=O) groups is 1. The summed E-state index contributed by atoms with van der Waals surface area (Å²) < 4.78 is 17.4. The van der Waals surface area contributed by atoms with Crippen LogP contribution < -0.4 is 9.47 Å². The number of para-hydroxylation sites is 2. The third-order valence-electron chi connectivity index (χ3n) is 3.09. The van der Waals surface area contributed by atoms with Crippen LogP contribution in [-0.4, -0.2) is 36.3 Å². The first-order chi connectivity index (χ1) is 10.2. The van der Waals surface area contributed by atoms with Gasteiger partial charge in [0.05, 0.1) is 27.0 Å². The summed E-state index contributed by atoms with van der Waals surface area (Å²) >= 11 is 0. The fourth-order valence-electron chi connectivity index (χ4n) is 2.00. The Morgan fingerprint density at radius 3 is 2.62 bits per heavy atom. The number of hydrogen-bond donors (Lipinski definition) is 0. The molecule has 0 amide bonds. The van der Waals surface area contributed by atoms with Crippen LogP contribution >= 0.6 is 0 Å². The van der Waals surface area contributed by atoms with Crippen LogP contribution in [-0.2, 0) is 11.3 Å². The van der Waals surface area contributed by atoms with Gasteiger partial charge in [-0.1, -0.05) is 12.1 Å². The molecule has 0 aliphatic carbocycles. The first kappa shape index (κ1) is 14.9. The molecule has 0 radical (unpaired) electrons. The van der Waals surface area contributed by atoms with Crippen LogP contribution in [0.2, 0.25) is 0 Å². The normalized spacial score (nSPS) is 10.2. The number of aromatic nitrogens is 2. The summed E-state index contributed by atoms with van der Waals surface area (Å²) in [5.74, 6) is 1.66. The summed E-state index contributed by atoms with van der Waals surface area (Å²) in [6.45, 7) is 2.71. The van der Waals surface area contributed by atoms with Crippen molar-refractivity contribution in [2.45, 2.75) is 13.5 Å². The molecule has 112 valence electrons. The minimum Gasteiger partial charge on any atom is -0.493 e. The Labute approximate surface area is 123 Å². The van der Waals surface area contributed by atoms with Crippen LogP contribution in [0.1, 0.15) is 16.3 Å². The molecular weight excluding hydrogens is 272 g/mol. The Morgan fingerprint density at radius 1 is 1.24 bits per heavy atom. The lowest BCUT2D eigenvalue weighted by atomic mass is 10.3. The predicted octanol–water partition coefficient (Wildman–Crippen LogP) is 2.07. The average Bonchev–Trinajstić information content (AvgIpc) is 2.88. The van der Waals surface area contributed by atoms with Crippen LogP contribution in [0, 0.1) is 6.92 Å². The molecule has 0 bridgehead atoms. The number of nitrogens with zero attached hydrogens (tertiary/aromatic N) is 2. The maximum absolute atomic E-state index is 11.6. The second kappa shape index (κ2) is 6.78. The quantitative estimate of drug-likeness (QED) is 0.762. The van der Waals surface area contributed by atoms with Crippen molar-refractivity contribution in [3.05, 3.63) is 42.0 Å². The summed E-state index contributed by atoms with van der Waals surface area (Å²) in [6, 6.07) is 7.42. The maximum Gasteiger partial charge on any atom is 0.356 e. The number of hydrogen-bond acceptors (Lipinski definition) is 5. The molecule has 1 aromatic heterocycles. The Hall–Kier alpha value is -2.50. The van der Waals surface area contributed by atoms with Crippen LogP contribution in [0.5, 0.6) is 11.5 Å². The second-order valence-electron chi connectivity index (χ2n) is 4.33. The van der Waals surface area contributed by atoms with Crippen LogP contribution in [0.4, 0.5) is 0 Å². The summed E-state index contributed by atoms with van der Waals surface area (Å²) in [6.07, 6.45) is 1.50. The van der Waals surface area contributed by atoms with Crippen molar-refractivity contribution in [3.63, 3.8) is 0 Å². The van der Waals surface area contributed by atoms with Gasteiger partial charge in [-0.25, -0.2) is 9.78 Å². The largest absolute Gasteiger partial charge is 0.493 e. The molecule has 6 nitrogen and oxygen atoms in total. The Balaban J connectivity index is 2.04. The minimum absolute atomic E-state index is 0.390. The zero-order chi connectivity index (χ0) is 15.2. The van der Waals surface area contributed by atoms with E-state index in [1.54, 1.807) is 11.7 Å². The second-order valence-corrected chi connectivity index (χ2v) is 4.33. The van der Waals surface area contributed by atoms with Crippen molar-refractivity contribution >= 4 is 5.97 Å². The molecule has 2 aromatic rings. The standard InChI is InChI=1S/C15H18N2O4/c1-11-16-10-12(15(18)20-3)17(11)8-9-21-14-7-5-4-6-13(14)19-2/h4-7,10H,8-9H2,1-3H3. The van der Waals surface area contributed by atoms with Gasteiger partial charge in [0.1, 0.15) is 18.1 Å². The number of imidazole rings is 1. The number of aryl methyl sites for hydroxylation is 1. The number of ether oxygens (including phenoxy) is 3. The molecule has 0 saturated heterocycles. The predicted molar refractivity (Wildman–Crippen MR) is 76.8 cm³/mol. The van der Waals surface area contributed by atoms with Gasteiger partial charge < -0.3 is 18.8 Å². The molecule has 0 saturated carbocycles. The van der Waals surface area contributed by atoms with Crippen molar-refractivity contribution in [1.29, 1.82) is 0 Å². The molecule has 2 rings (SSSR count). The lowest BCUT2D eigenvalue weighted by molar-refractivity contribution is 0.0587. The smallest absolute Gasteiger partial charge is 0.356 e. The molecule has 0 aliphatic heterocycles. The van der Waals surface area contributed by atoms with Gasteiger partial charge in [0.2, 0.25) is 0 Å². The Morgan fingerprint density at radius 2 is 1.95 bits per heavy atom. The highest BCUT2D eigenvalue weighted by Crippen LogP contribution is 2.25. The Kier molecular flexibility index (Phi) is 4.81.